The zero-order valence-electron chi connectivity index (χ0n) is 21.5. The van der Waals surface area contributed by atoms with Crippen molar-refractivity contribution in [1.82, 2.24) is 0 Å². The van der Waals surface area contributed by atoms with Crippen molar-refractivity contribution in [3.8, 4) is 0 Å². The highest BCUT2D eigenvalue weighted by atomic mass is 79.9. The second-order valence-corrected chi connectivity index (χ2v) is 13.7. The molecule has 0 spiro atoms. The molecular weight excluding hydrogens is 507 g/mol. The van der Waals surface area contributed by atoms with Crippen LogP contribution in [-0.4, -0.2) is 6.16 Å². The maximum Gasteiger partial charge on any atom is 0.115 e. The van der Waals surface area contributed by atoms with E-state index in [1.165, 1.54) is 46.3 Å². The molecule has 35 heavy (non-hydrogen) atoms. The number of hydrogen-bond donors (Lipinski definition) is 0. The van der Waals surface area contributed by atoms with E-state index in [1.807, 2.05) is 0 Å². The minimum atomic E-state index is -1.82. The van der Waals surface area contributed by atoms with Crippen LogP contribution in [0.3, 0.4) is 0 Å². The van der Waals surface area contributed by atoms with Gasteiger partial charge in [0.25, 0.3) is 0 Å². The largest absolute Gasteiger partial charge is 1.00 e. The molecule has 182 valence electrons. The Kier molecular flexibility index (Phi) is 9.51. The quantitative estimate of drug-likeness (QED) is 0.289. The molecule has 0 radical (unpaired) electrons. The van der Waals surface area contributed by atoms with Gasteiger partial charge in [0.05, 0.1) is 6.16 Å². The number of hydrogen-bond acceptors (Lipinski definition) is 0. The molecule has 0 fully saturated rings. The standard InChI is InChI=1S/C33H38P.BrH/c1-27(22-23-32-28(2)15-14-25-33(32,3)4)24-26-34(29-16-8-5-9-17-29,30-18-10-6-11-19-30)31-20-12-7-13-21-31;/h5-13,16-24H,14-15,25-26H2,1-4H3;1H/q+1;/p-1. The Morgan fingerprint density at radius 1 is 0.800 bits per heavy atom. The fraction of sp³-hybridized carbons (Fsp3) is 0.273. The van der Waals surface area contributed by atoms with Crippen LogP contribution in [0.25, 0.3) is 0 Å². The van der Waals surface area contributed by atoms with E-state index in [2.05, 4.69) is 137 Å². The van der Waals surface area contributed by atoms with E-state index in [1.54, 1.807) is 5.57 Å². The normalized spacial score (nSPS) is 16.3. The molecule has 0 saturated carbocycles. The Morgan fingerprint density at radius 2 is 1.26 bits per heavy atom. The van der Waals surface area contributed by atoms with Gasteiger partial charge in [-0.05, 0) is 86.6 Å². The van der Waals surface area contributed by atoms with E-state index in [9.17, 15) is 0 Å². The molecule has 0 N–H and O–H groups in total. The lowest BCUT2D eigenvalue weighted by Gasteiger charge is -2.33. The predicted molar refractivity (Wildman–Crippen MR) is 153 cm³/mol. The summed E-state index contributed by atoms with van der Waals surface area (Å²) in [5, 5.41) is 4.31. The van der Waals surface area contributed by atoms with Gasteiger partial charge in [-0.2, -0.15) is 0 Å². The minimum absolute atomic E-state index is 0. The van der Waals surface area contributed by atoms with Crippen molar-refractivity contribution in [3.05, 3.63) is 126 Å². The molecule has 4 rings (SSSR count). The van der Waals surface area contributed by atoms with Crippen LogP contribution >= 0.6 is 7.26 Å². The molecule has 0 aliphatic heterocycles. The Bertz CT molecular complexity index is 1070. The Balaban J connectivity index is 0.00000342. The zero-order valence-corrected chi connectivity index (χ0v) is 24.0. The lowest BCUT2D eigenvalue weighted by molar-refractivity contribution is -0.00000727. The Morgan fingerprint density at radius 3 is 1.69 bits per heavy atom. The summed E-state index contributed by atoms with van der Waals surface area (Å²) in [4.78, 5) is 0. The van der Waals surface area contributed by atoms with Gasteiger partial charge in [-0.15, -0.1) is 0 Å². The Labute approximate surface area is 224 Å². The minimum Gasteiger partial charge on any atom is -1.00 e. The van der Waals surface area contributed by atoms with Gasteiger partial charge in [0, 0.05) is 0 Å². The van der Waals surface area contributed by atoms with Gasteiger partial charge in [-0.1, -0.05) is 91.7 Å². The fourth-order valence-corrected chi connectivity index (χ4v) is 9.52. The monoisotopic (exact) mass is 544 g/mol. The molecule has 3 aromatic carbocycles. The molecule has 0 heterocycles. The van der Waals surface area contributed by atoms with Crippen LogP contribution in [0, 0.1) is 5.41 Å². The first-order valence-corrected chi connectivity index (χ1v) is 14.5. The van der Waals surface area contributed by atoms with E-state index in [4.69, 9.17) is 0 Å². The summed E-state index contributed by atoms with van der Waals surface area (Å²) in [5.41, 5.74) is 4.70. The van der Waals surface area contributed by atoms with Crippen molar-refractivity contribution >= 4 is 23.2 Å². The van der Waals surface area contributed by atoms with Crippen LogP contribution < -0.4 is 32.9 Å². The fourth-order valence-electron chi connectivity index (χ4n) is 5.38. The maximum absolute atomic E-state index is 2.48. The average molecular weight is 546 g/mol. The lowest BCUT2D eigenvalue weighted by atomic mass is 9.72. The van der Waals surface area contributed by atoms with Gasteiger partial charge in [-0.3, -0.25) is 0 Å². The first kappa shape index (κ1) is 27.4. The van der Waals surface area contributed by atoms with Gasteiger partial charge >= 0.3 is 0 Å². The molecule has 3 aromatic rings. The molecule has 2 heteroatoms. The van der Waals surface area contributed by atoms with Crippen LogP contribution in [0.2, 0.25) is 0 Å². The third-order valence-corrected chi connectivity index (χ3v) is 11.6. The molecule has 0 atom stereocenters. The van der Waals surface area contributed by atoms with Crippen molar-refractivity contribution in [2.24, 2.45) is 5.41 Å². The van der Waals surface area contributed by atoms with Gasteiger partial charge < -0.3 is 17.0 Å². The van der Waals surface area contributed by atoms with Gasteiger partial charge in [-0.25, -0.2) is 0 Å². The highest BCUT2D eigenvalue weighted by molar-refractivity contribution is 7.95. The molecule has 0 amide bonds. The molecule has 0 unspecified atom stereocenters. The topological polar surface area (TPSA) is 0 Å². The summed E-state index contributed by atoms with van der Waals surface area (Å²) in [7, 11) is -1.82. The number of rotatable bonds is 7. The molecule has 0 nitrogen and oxygen atoms in total. The van der Waals surface area contributed by atoms with Crippen LogP contribution in [0.1, 0.15) is 47.0 Å². The van der Waals surface area contributed by atoms with E-state index < -0.39 is 7.26 Å². The smallest absolute Gasteiger partial charge is 0.115 e. The highest BCUT2D eigenvalue weighted by Gasteiger charge is 2.44. The van der Waals surface area contributed by atoms with Crippen LogP contribution in [-0.2, 0) is 0 Å². The van der Waals surface area contributed by atoms with E-state index in [-0.39, 0.29) is 22.4 Å². The van der Waals surface area contributed by atoms with Crippen molar-refractivity contribution < 1.29 is 17.0 Å². The predicted octanol–water partition coefficient (Wildman–Crippen LogP) is 5.01. The number of halogens is 1. The number of benzene rings is 3. The average Bonchev–Trinajstić information content (AvgIpc) is 2.86. The highest BCUT2D eigenvalue weighted by Crippen LogP contribution is 2.55. The van der Waals surface area contributed by atoms with Crippen LogP contribution in [0.4, 0.5) is 0 Å². The summed E-state index contributed by atoms with van der Waals surface area (Å²) in [6.45, 7) is 9.37. The third-order valence-electron chi connectivity index (χ3n) is 7.33. The first-order valence-electron chi connectivity index (χ1n) is 12.5. The van der Waals surface area contributed by atoms with Gasteiger partial charge in [0.15, 0.2) is 0 Å². The molecule has 0 bridgehead atoms. The van der Waals surface area contributed by atoms with Gasteiger partial charge in [0.2, 0.25) is 0 Å². The second kappa shape index (κ2) is 12.2. The third kappa shape index (κ3) is 6.14. The number of allylic oxidation sites excluding steroid dienone is 6. The van der Waals surface area contributed by atoms with E-state index in [0.29, 0.717) is 0 Å². The van der Waals surface area contributed by atoms with Crippen LogP contribution in [0.5, 0.6) is 0 Å². The first-order chi connectivity index (χ1) is 16.4. The SMILES string of the molecule is CC(C=CC1=C(C)CCCC1(C)C)=CC[P+](c1ccccc1)(c1ccccc1)c1ccccc1.[Br-]. The summed E-state index contributed by atoms with van der Waals surface area (Å²) >= 11 is 0. The molecular formula is C33H38BrP. The van der Waals surface area contributed by atoms with Crippen molar-refractivity contribution in [2.75, 3.05) is 6.16 Å². The summed E-state index contributed by atoms with van der Waals surface area (Å²) in [5.74, 6) is 0. The van der Waals surface area contributed by atoms with E-state index >= 15 is 0 Å². The van der Waals surface area contributed by atoms with E-state index in [0.717, 1.165) is 6.16 Å². The second-order valence-electron chi connectivity index (χ2n) is 10.2. The van der Waals surface area contributed by atoms with Gasteiger partial charge in [0.1, 0.15) is 23.2 Å². The van der Waals surface area contributed by atoms with Crippen molar-refractivity contribution in [3.63, 3.8) is 0 Å². The maximum atomic E-state index is 2.48. The molecule has 1 aliphatic carbocycles. The summed E-state index contributed by atoms with van der Waals surface area (Å²) in [6, 6.07) is 33.4. The van der Waals surface area contributed by atoms with Crippen molar-refractivity contribution in [2.45, 2.75) is 47.0 Å². The van der Waals surface area contributed by atoms with Crippen LogP contribution in [0.15, 0.2) is 126 Å². The van der Waals surface area contributed by atoms with Crippen molar-refractivity contribution in [1.29, 1.82) is 0 Å². The Hall–Kier alpha value is -2.21. The molecule has 1 aliphatic rings. The zero-order chi connectivity index (χ0) is 24.0. The summed E-state index contributed by atoms with van der Waals surface area (Å²) < 4.78 is 0. The lowest BCUT2D eigenvalue weighted by Crippen LogP contribution is -3.00. The molecule has 0 saturated heterocycles. The summed E-state index contributed by atoms with van der Waals surface area (Å²) in [6.07, 6.45) is 12.1. The molecule has 0 aromatic heterocycles.